The maximum Gasteiger partial charge on any atom is 0.339 e. The molecule has 0 N–H and O–H groups in total. The second-order valence-electron chi connectivity index (χ2n) is 8.36. The zero-order chi connectivity index (χ0) is 21.8. The number of hydrogen-bond donors (Lipinski definition) is 0. The van der Waals surface area contributed by atoms with Gasteiger partial charge in [0.2, 0.25) is 0 Å². The molecule has 29 heavy (non-hydrogen) atoms. The maximum absolute atomic E-state index is 11.6. The van der Waals surface area contributed by atoms with Gasteiger partial charge >= 0.3 is 5.97 Å². The largest absolute Gasteiger partial charge is 0.491 e. The molecule has 1 aromatic carbocycles. The minimum atomic E-state index is -1.82. The molecular formula is C21H29Br2NO4Si. The lowest BCUT2D eigenvalue weighted by Gasteiger charge is -2.36. The van der Waals surface area contributed by atoms with Crippen LogP contribution in [-0.2, 0) is 22.3 Å². The summed E-state index contributed by atoms with van der Waals surface area (Å²) in [6.07, 6.45) is 1.75. The van der Waals surface area contributed by atoms with E-state index in [-0.39, 0.29) is 11.0 Å². The van der Waals surface area contributed by atoms with Gasteiger partial charge in [0, 0.05) is 6.20 Å². The van der Waals surface area contributed by atoms with Crippen LogP contribution in [0.25, 0.3) is 0 Å². The number of carbonyl (C=O) groups excluding carboxylic acids is 1. The maximum atomic E-state index is 11.6. The monoisotopic (exact) mass is 545 g/mol. The molecule has 0 spiro atoms. The number of halogens is 2. The predicted octanol–water partition coefficient (Wildman–Crippen LogP) is 6.40. The summed E-state index contributed by atoms with van der Waals surface area (Å²) in [5.74, 6) is 0.417. The summed E-state index contributed by atoms with van der Waals surface area (Å²) >= 11 is 7.13. The van der Waals surface area contributed by atoms with E-state index in [1.165, 1.54) is 7.11 Å². The van der Waals surface area contributed by atoms with E-state index in [1.54, 1.807) is 12.3 Å². The first kappa shape index (κ1) is 24.2. The van der Waals surface area contributed by atoms with E-state index in [0.717, 1.165) is 20.4 Å². The molecule has 8 heteroatoms. The van der Waals surface area contributed by atoms with Crippen molar-refractivity contribution in [2.45, 2.75) is 52.1 Å². The van der Waals surface area contributed by atoms with E-state index in [2.05, 4.69) is 71.8 Å². The Labute approximate surface area is 191 Å². The highest BCUT2D eigenvalue weighted by Crippen LogP contribution is 2.38. The van der Waals surface area contributed by atoms with E-state index >= 15 is 0 Å². The molecule has 0 bridgehead atoms. The molecule has 0 aliphatic heterocycles. The summed E-state index contributed by atoms with van der Waals surface area (Å²) in [4.78, 5) is 11.6. The van der Waals surface area contributed by atoms with Crippen LogP contribution in [-0.4, -0.2) is 32.6 Å². The summed E-state index contributed by atoms with van der Waals surface area (Å²) in [5, 5.41) is 0.167. The van der Waals surface area contributed by atoms with Crippen molar-refractivity contribution in [3.8, 4) is 5.75 Å². The molecule has 0 fully saturated rings. The molecule has 0 aliphatic carbocycles. The number of hydrogen-bond acceptors (Lipinski definition) is 4. The summed E-state index contributed by atoms with van der Waals surface area (Å²) in [5.41, 5.74) is 1.58. The van der Waals surface area contributed by atoms with E-state index in [4.69, 9.17) is 13.9 Å². The van der Waals surface area contributed by atoms with Crippen LogP contribution in [0, 0.1) is 0 Å². The minimum Gasteiger partial charge on any atom is -0.491 e. The summed E-state index contributed by atoms with van der Waals surface area (Å²) < 4.78 is 20.7. The Balaban J connectivity index is 2.00. The van der Waals surface area contributed by atoms with Crippen LogP contribution in [0.1, 0.15) is 36.7 Å². The Kier molecular flexibility index (Phi) is 8.18. The standard InChI is InChI=1S/C21H29Br2NO4Si/c1-21(2,3)29(5,6)28-14-15-8-7-9-17(19(15)23)27-11-10-24-13-16(12-18(24)22)20(25)26-4/h7-9,12-13H,10-11,14H2,1-6H3. The van der Waals surface area contributed by atoms with Crippen LogP contribution in [0.4, 0.5) is 0 Å². The van der Waals surface area contributed by atoms with Crippen LogP contribution in [0.3, 0.4) is 0 Å². The van der Waals surface area contributed by atoms with E-state index < -0.39 is 8.32 Å². The number of methoxy groups -OCH3 is 1. The van der Waals surface area contributed by atoms with Gasteiger partial charge in [-0.25, -0.2) is 4.79 Å². The molecule has 0 saturated carbocycles. The Morgan fingerprint density at radius 1 is 1.21 bits per heavy atom. The van der Waals surface area contributed by atoms with Gasteiger partial charge in [0.05, 0.1) is 34.9 Å². The number of rotatable bonds is 8. The highest BCUT2D eigenvalue weighted by molar-refractivity contribution is 9.10. The molecule has 2 rings (SSSR count). The third-order valence-electron chi connectivity index (χ3n) is 5.29. The molecule has 1 aromatic heterocycles. The van der Waals surface area contributed by atoms with Crippen LogP contribution >= 0.6 is 31.9 Å². The van der Waals surface area contributed by atoms with Gasteiger partial charge in [0.1, 0.15) is 12.4 Å². The van der Waals surface area contributed by atoms with Gasteiger partial charge < -0.3 is 18.5 Å². The number of ether oxygens (including phenoxy) is 2. The van der Waals surface area contributed by atoms with E-state index in [9.17, 15) is 4.79 Å². The fourth-order valence-corrected chi connectivity index (χ4v) is 4.36. The number of aromatic nitrogens is 1. The molecule has 0 saturated heterocycles. The van der Waals surface area contributed by atoms with Gasteiger partial charge in [-0.2, -0.15) is 0 Å². The lowest BCUT2D eigenvalue weighted by Crippen LogP contribution is -2.40. The van der Waals surface area contributed by atoms with E-state index in [1.807, 2.05) is 16.7 Å². The summed E-state index contributed by atoms with van der Waals surface area (Å²) in [6, 6.07) is 7.70. The molecule has 0 atom stereocenters. The van der Waals surface area contributed by atoms with Crippen LogP contribution in [0.2, 0.25) is 18.1 Å². The van der Waals surface area contributed by atoms with Crippen molar-refractivity contribution in [3.63, 3.8) is 0 Å². The number of carbonyl (C=O) groups is 1. The molecule has 0 amide bonds. The Bertz CT molecular complexity index is 859. The minimum absolute atomic E-state index is 0.167. The zero-order valence-corrected chi connectivity index (χ0v) is 22.0. The highest BCUT2D eigenvalue weighted by atomic mass is 79.9. The lowest BCUT2D eigenvalue weighted by atomic mass is 10.2. The average molecular weight is 547 g/mol. The topological polar surface area (TPSA) is 49.7 Å². The molecule has 0 aliphatic rings. The van der Waals surface area contributed by atoms with Crippen LogP contribution < -0.4 is 4.74 Å². The first-order valence-corrected chi connectivity index (χ1v) is 13.9. The fourth-order valence-electron chi connectivity index (χ4n) is 2.39. The molecule has 160 valence electrons. The molecule has 5 nitrogen and oxygen atoms in total. The predicted molar refractivity (Wildman–Crippen MR) is 125 cm³/mol. The van der Waals surface area contributed by atoms with Crippen molar-refractivity contribution in [2.75, 3.05) is 13.7 Å². The van der Waals surface area contributed by atoms with Gasteiger partial charge in [-0.1, -0.05) is 32.9 Å². The van der Waals surface area contributed by atoms with Gasteiger partial charge in [0.25, 0.3) is 0 Å². The molecular weight excluding hydrogens is 518 g/mol. The quantitative estimate of drug-likeness (QED) is 0.284. The molecule has 1 heterocycles. The number of esters is 1. The van der Waals surface area contributed by atoms with Crippen molar-refractivity contribution in [1.82, 2.24) is 4.57 Å². The second-order valence-corrected chi connectivity index (χ2v) is 14.8. The molecule has 0 unspecified atom stereocenters. The molecule has 2 aromatic rings. The van der Waals surface area contributed by atoms with Crippen molar-refractivity contribution < 1.29 is 18.7 Å². The zero-order valence-electron chi connectivity index (χ0n) is 17.8. The second kappa shape index (κ2) is 9.81. The fraction of sp³-hybridized carbons (Fsp3) is 0.476. The lowest BCUT2D eigenvalue weighted by molar-refractivity contribution is 0.0600. The van der Waals surface area contributed by atoms with Crippen molar-refractivity contribution in [2.24, 2.45) is 0 Å². The normalized spacial score (nSPS) is 12.1. The summed E-state index contributed by atoms with van der Waals surface area (Å²) in [7, 11) is -0.451. The number of nitrogens with zero attached hydrogens (tertiary/aromatic N) is 1. The third kappa shape index (κ3) is 6.20. The Morgan fingerprint density at radius 2 is 1.90 bits per heavy atom. The van der Waals surface area contributed by atoms with Gasteiger partial charge in [-0.05, 0) is 67.7 Å². The first-order chi connectivity index (χ1) is 13.5. The SMILES string of the molecule is COC(=O)c1cc(Br)n(CCOc2cccc(CO[Si](C)(C)C(C)(C)C)c2Br)c1. The highest BCUT2D eigenvalue weighted by Gasteiger charge is 2.37. The summed E-state index contributed by atoms with van der Waals surface area (Å²) in [6.45, 7) is 12.8. The Hall–Kier alpha value is -1.09. The van der Waals surface area contributed by atoms with Crippen LogP contribution in [0.5, 0.6) is 5.75 Å². The van der Waals surface area contributed by atoms with Gasteiger partial charge in [-0.15, -0.1) is 0 Å². The van der Waals surface area contributed by atoms with Crippen molar-refractivity contribution >= 4 is 46.1 Å². The van der Waals surface area contributed by atoms with Crippen molar-refractivity contribution in [1.29, 1.82) is 0 Å². The van der Waals surface area contributed by atoms with E-state index in [0.29, 0.717) is 25.3 Å². The Morgan fingerprint density at radius 3 is 2.52 bits per heavy atom. The number of benzene rings is 1. The van der Waals surface area contributed by atoms with Gasteiger partial charge in [-0.3, -0.25) is 0 Å². The van der Waals surface area contributed by atoms with Crippen molar-refractivity contribution in [3.05, 3.63) is 50.7 Å². The van der Waals surface area contributed by atoms with Gasteiger partial charge in [0.15, 0.2) is 8.32 Å². The first-order valence-electron chi connectivity index (χ1n) is 9.44. The average Bonchev–Trinajstić information content (AvgIpc) is 3.01. The molecule has 0 radical (unpaired) electrons. The third-order valence-corrected chi connectivity index (χ3v) is 11.4. The smallest absolute Gasteiger partial charge is 0.339 e. The van der Waals surface area contributed by atoms with Crippen LogP contribution in [0.15, 0.2) is 39.5 Å².